The van der Waals surface area contributed by atoms with E-state index in [-0.39, 0.29) is 18.7 Å². The van der Waals surface area contributed by atoms with Crippen LogP contribution in [0.5, 0.6) is 0 Å². The van der Waals surface area contributed by atoms with Crippen LogP contribution in [0.4, 0.5) is 8.78 Å². The molecule has 2 rings (SSSR count). The molecule has 5 heteroatoms. The van der Waals surface area contributed by atoms with Gasteiger partial charge in [-0.25, -0.2) is 8.78 Å². The van der Waals surface area contributed by atoms with Crippen LogP contribution in [0.15, 0.2) is 46.9 Å². The molecule has 0 saturated carbocycles. The Labute approximate surface area is 129 Å². The van der Waals surface area contributed by atoms with Crippen LogP contribution in [-0.4, -0.2) is 11.1 Å². The minimum Gasteiger partial charge on any atom is -0.481 e. The molecule has 0 aliphatic rings. The molecule has 0 radical (unpaired) electrons. The van der Waals surface area contributed by atoms with E-state index >= 15 is 0 Å². The lowest BCUT2D eigenvalue weighted by Gasteiger charge is -2.13. The van der Waals surface area contributed by atoms with Gasteiger partial charge in [0.25, 0.3) is 0 Å². The largest absolute Gasteiger partial charge is 0.481 e. The first kappa shape index (κ1) is 15.6. The van der Waals surface area contributed by atoms with Gasteiger partial charge in [0.15, 0.2) is 0 Å². The smallest absolute Gasteiger partial charge is 0.307 e. The van der Waals surface area contributed by atoms with Crippen LogP contribution in [0.1, 0.15) is 11.1 Å². The van der Waals surface area contributed by atoms with Crippen LogP contribution in [0.3, 0.4) is 0 Å². The number of benzene rings is 2. The minimum atomic E-state index is -1.00. The monoisotopic (exact) mass is 354 g/mol. The van der Waals surface area contributed by atoms with Crippen LogP contribution >= 0.6 is 15.9 Å². The van der Waals surface area contributed by atoms with Crippen LogP contribution < -0.4 is 0 Å². The van der Waals surface area contributed by atoms with Crippen molar-refractivity contribution in [3.63, 3.8) is 0 Å². The maximum absolute atomic E-state index is 13.7. The molecule has 0 spiro atoms. The molecular formula is C16H13BrF2O2. The molecule has 0 amide bonds. The lowest BCUT2D eigenvalue weighted by molar-refractivity contribution is -0.141. The molecule has 0 aromatic heterocycles. The first-order valence-electron chi connectivity index (χ1n) is 6.37. The summed E-state index contributed by atoms with van der Waals surface area (Å²) < 4.78 is 27.3. The second kappa shape index (κ2) is 6.80. The Balaban J connectivity index is 2.17. The summed E-state index contributed by atoms with van der Waals surface area (Å²) in [6.45, 7) is 0. The molecule has 21 heavy (non-hydrogen) atoms. The van der Waals surface area contributed by atoms with Gasteiger partial charge in [-0.3, -0.25) is 4.79 Å². The van der Waals surface area contributed by atoms with Crippen LogP contribution in [0.2, 0.25) is 0 Å². The number of rotatable bonds is 5. The molecule has 0 fully saturated rings. The zero-order valence-corrected chi connectivity index (χ0v) is 12.6. The summed E-state index contributed by atoms with van der Waals surface area (Å²) in [5.41, 5.74) is 1.05. The highest BCUT2D eigenvalue weighted by Crippen LogP contribution is 2.21. The highest BCUT2D eigenvalue weighted by Gasteiger charge is 2.20. The van der Waals surface area contributed by atoms with Crippen molar-refractivity contribution in [2.24, 2.45) is 5.92 Å². The average molecular weight is 355 g/mol. The van der Waals surface area contributed by atoms with Gasteiger partial charge >= 0.3 is 5.97 Å². The molecule has 0 heterocycles. The maximum Gasteiger partial charge on any atom is 0.307 e. The predicted octanol–water partition coefficient (Wildman–Crippen LogP) is 4.21. The SMILES string of the molecule is O=C(O)C(Cc1ccc(F)cc1)Cc1cc(Br)ccc1F. The standard InChI is InChI=1S/C16H13BrF2O2/c17-13-3-6-15(19)11(9-13)8-12(16(20)21)7-10-1-4-14(18)5-2-10/h1-6,9,12H,7-8H2,(H,20,21). The minimum absolute atomic E-state index is 0.0813. The molecule has 2 aromatic rings. The van der Waals surface area contributed by atoms with E-state index in [4.69, 9.17) is 0 Å². The zero-order chi connectivity index (χ0) is 15.4. The Hall–Kier alpha value is -1.75. The summed E-state index contributed by atoms with van der Waals surface area (Å²) in [5, 5.41) is 9.30. The van der Waals surface area contributed by atoms with Crippen molar-refractivity contribution in [3.8, 4) is 0 Å². The van der Waals surface area contributed by atoms with E-state index in [1.165, 1.54) is 18.2 Å². The van der Waals surface area contributed by atoms with Gasteiger partial charge < -0.3 is 5.11 Å². The van der Waals surface area contributed by atoms with Gasteiger partial charge in [-0.15, -0.1) is 0 Å². The van der Waals surface area contributed by atoms with E-state index in [1.807, 2.05) is 0 Å². The first-order valence-corrected chi connectivity index (χ1v) is 7.16. The van der Waals surface area contributed by atoms with E-state index in [1.54, 1.807) is 24.3 Å². The number of hydrogen-bond acceptors (Lipinski definition) is 1. The van der Waals surface area contributed by atoms with Crippen LogP contribution in [0, 0.1) is 17.6 Å². The van der Waals surface area contributed by atoms with Crippen molar-refractivity contribution < 1.29 is 18.7 Å². The molecule has 1 N–H and O–H groups in total. The number of carboxylic acids is 1. The fraction of sp³-hybridized carbons (Fsp3) is 0.188. The van der Waals surface area contributed by atoms with Crippen molar-refractivity contribution >= 4 is 21.9 Å². The summed E-state index contributed by atoms with van der Waals surface area (Å²) in [6, 6.07) is 10.1. The van der Waals surface area contributed by atoms with Crippen molar-refractivity contribution in [2.45, 2.75) is 12.8 Å². The topological polar surface area (TPSA) is 37.3 Å². The van der Waals surface area contributed by atoms with Crippen LogP contribution in [0.25, 0.3) is 0 Å². The molecule has 0 aliphatic carbocycles. The van der Waals surface area contributed by atoms with Crippen molar-refractivity contribution in [2.75, 3.05) is 0 Å². The van der Waals surface area contributed by atoms with Crippen LogP contribution in [-0.2, 0) is 17.6 Å². The predicted molar refractivity (Wildman–Crippen MR) is 79.0 cm³/mol. The third kappa shape index (κ3) is 4.36. The summed E-state index contributed by atoms with van der Waals surface area (Å²) in [7, 11) is 0. The van der Waals surface area contributed by atoms with E-state index in [2.05, 4.69) is 15.9 Å². The molecule has 2 nitrogen and oxygen atoms in total. The number of carbonyl (C=O) groups is 1. The third-order valence-corrected chi connectivity index (χ3v) is 3.71. The molecule has 2 aromatic carbocycles. The van der Waals surface area contributed by atoms with Gasteiger partial charge in [-0.05, 0) is 54.3 Å². The van der Waals surface area contributed by atoms with E-state index < -0.39 is 17.7 Å². The lowest BCUT2D eigenvalue weighted by atomic mass is 9.92. The normalized spacial score (nSPS) is 12.1. The highest BCUT2D eigenvalue weighted by atomic mass is 79.9. The molecule has 110 valence electrons. The maximum atomic E-state index is 13.7. The number of hydrogen-bond donors (Lipinski definition) is 1. The fourth-order valence-corrected chi connectivity index (χ4v) is 2.53. The van der Waals surface area contributed by atoms with Crippen molar-refractivity contribution in [1.29, 1.82) is 0 Å². The van der Waals surface area contributed by atoms with Gasteiger partial charge in [0.05, 0.1) is 5.92 Å². The van der Waals surface area contributed by atoms with Gasteiger partial charge in [-0.2, -0.15) is 0 Å². The van der Waals surface area contributed by atoms with Gasteiger partial charge in [-0.1, -0.05) is 28.1 Å². The summed E-state index contributed by atoms with van der Waals surface area (Å²) in [4.78, 5) is 11.4. The average Bonchev–Trinajstić information content (AvgIpc) is 2.44. The fourth-order valence-electron chi connectivity index (χ4n) is 2.12. The quantitative estimate of drug-likeness (QED) is 0.872. The van der Waals surface area contributed by atoms with E-state index in [0.29, 0.717) is 15.6 Å². The Morgan fingerprint density at radius 1 is 1.10 bits per heavy atom. The zero-order valence-electron chi connectivity index (χ0n) is 11.0. The molecule has 1 atom stereocenters. The summed E-state index contributed by atoms with van der Waals surface area (Å²) in [6.07, 6.45) is 0.305. The van der Waals surface area contributed by atoms with Gasteiger partial charge in [0.2, 0.25) is 0 Å². The Kier molecular flexibility index (Phi) is 5.07. The van der Waals surface area contributed by atoms with E-state index in [0.717, 1.165) is 0 Å². The highest BCUT2D eigenvalue weighted by molar-refractivity contribution is 9.10. The van der Waals surface area contributed by atoms with E-state index in [9.17, 15) is 18.7 Å². The molecule has 0 aliphatic heterocycles. The molecule has 0 bridgehead atoms. The lowest BCUT2D eigenvalue weighted by Crippen LogP contribution is -2.19. The second-order valence-electron chi connectivity index (χ2n) is 4.81. The Bertz CT molecular complexity index is 641. The summed E-state index contributed by atoms with van der Waals surface area (Å²) >= 11 is 3.24. The number of aliphatic carboxylic acids is 1. The molecule has 1 unspecified atom stereocenters. The van der Waals surface area contributed by atoms with Crippen molar-refractivity contribution in [3.05, 3.63) is 69.7 Å². The number of halogens is 3. The molecular weight excluding hydrogens is 342 g/mol. The van der Waals surface area contributed by atoms with Gasteiger partial charge in [0.1, 0.15) is 11.6 Å². The second-order valence-corrected chi connectivity index (χ2v) is 5.72. The third-order valence-electron chi connectivity index (χ3n) is 3.22. The Morgan fingerprint density at radius 2 is 1.76 bits per heavy atom. The number of carboxylic acid groups (broad SMARTS) is 1. The van der Waals surface area contributed by atoms with Crippen molar-refractivity contribution in [1.82, 2.24) is 0 Å². The first-order chi connectivity index (χ1) is 9.95. The Morgan fingerprint density at radius 3 is 2.38 bits per heavy atom. The van der Waals surface area contributed by atoms with Gasteiger partial charge in [0, 0.05) is 4.47 Å². The summed E-state index contributed by atoms with van der Waals surface area (Å²) in [5.74, 6) is -2.56. The molecule has 0 saturated heterocycles.